The van der Waals surface area contributed by atoms with Gasteiger partial charge < -0.3 is 9.64 Å². The highest BCUT2D eigenvalue weighted by atomic mass is 35.5. The van der Waals surface area contributed by atoms with Crippen LogP contribution in [-0.4, -0.2) is 34.6 Å². The Morgan fingerprint density at radius 3 is 2.71 bits per heavy atom. The number of hydrogen-bond acceptors (Lipinski definition) is 3. The lowest BCUT2D eigenvalue weighted by Crippen LogP contribution is -2.74. The molecular formula is C12H17ClN2O2. The summed E-state index contributed by atoms with van der Waals surface area (Å²) < 4.78 is 5.47. The van der Waals surface area contributed by atoms with Crippen molar-refractivity contribution < 1.29 is 9.53 Å². The number of amides is 1. The quantitative estimate of drug-likeness (QED) is 0.573. The van der Waals surface area contributed by atoms with Crippen molar-refractivity contribution in [3.8, 4) is 6.07 Å². The van der Waals surface area contributed by atoms with Crippen LogP contribution in [0.2, 0.25) is 0 Å². The molecule has 0 spiro atoms. The third kappa shape index (κ3) is 1.92. The molecule has 1 heterocycles. The summed E-state index contributed by atoms with van der Waals surface area (Å²) in [4.78, 5) is 12.2. The van der Waals surface area contributed by atoms with E-state index in [1.165, 1.54) is 6.42 Å². The zero-order valence-electron chi connectivity index (χ0n) is 9.99. The molecule has 2 atom stereocenters. The molecule has 1 aliphatic heterocycles. The predicted octanol–water partition coefficient (Wildman–Crippen LogP) is 2.03. The van der Waals surface area contributed by atoms with Crippen LogP contribution in [0.4, 0.5) is 0 Å². The molecule has 0 aromatic rings. The highest BCUT2D eigenvalue weighted by Gasteiger charge is 2.63. The number of alkyl halides is 1. The summed E-state index contributed by atoms with van der Waals surface area (Å²) >= 11 is 6.02. The Kier molecular flexibility index (Phi) is 3.60. The molecule has 0 radical (unpaired) electrons. The van der Waals surface area contributed by atoms with Crippen LogP contribution >= 0.6 is 11.6 Å². The normalized spacial score (nSPS) is 34.3. The van der Waals surface area contributed by atoms with E-state index in [0.717, 1.165) is 25.7 Å². The Balaban J connectivity index is 2.12. The molecule has 0 unspecified atom stereocenters. The Morgan fingerprint density at radius 2 is 2.18 bits per heavy atom. The third-order valence-electron chi connectivity index (χ3n) is 3.59. The SMILES string of the molecule is CCO[C@H]1N(C2CCCCC2)C(=O)[C@@]1(Cl)C#N. The monoisotopic (exact) mass is 256 g/mol. The first-order valence-electron chi connectivity index (χ1n) is 6.19. The summed E-state index contributed by atoms with van der Waals surface area (Å²) in [7, 11) is 0. The van der Waals surface area contributed by atoms with Crippen molar-refractivity contribution in [2.45, 2.75) is 56.2 Å². The highest BCUT2D eigenvalue weighted by molar-refractivity contribution is 6.40. The van der Waals surface area contributed by atoms with Crippen molar-refractivity contribution >= 4 is 17.5 Å². The van der Waals surface area contributed by atoms with Crippen molar-refractivity contribution in [1.29, 1.82) is 5.26 Å². The minimum atomic E-state index is -1.49. The summed E-state index contributed by atoms with van der Waals surface area (Å²) in [6.07, 6.45) is 4.91. The molecule has 17 heavy (non-hydrogen) atoms. The smallest absolute Gasteiger partial charge is 0.265 e. The van der Waals surface area contributed by atoms with Gasteiger partial charge in [-0.1, -0.05) is 30.9 Å². The van der Waals surface area contributed by atoms with Crippen LogP contribution < -0.4 is 0 Å². The maximum absolute atomic E-state index is 12.0. The average molecular weight is 257 g/mol. The van der Waals surface area contributed by atoms with Crippen LogP contribution in [0, 0.1) is 11.3 Å². The van der Waals surface area contributed by atoms with Gasteiger partial charge in [-0.2, -0.15) is 5.26 Å². The number of carbonyl (C=O) groups excluding carboxylic acids is 1. The topological polar surface area (TPSA) is 53.3 Å². The summed E-state index contributed by atoms with van der Waals surface area (Å²) in [5.74, 6) is -0.285. The first-order chi connectivity index (χ1) is 8.15. The second-order valence-corrected chi connectivity index (χ2v) is 5.23. The van der Waals surface area contributed by atoms with E-state index in [2.05, 4.69) is 0 Å². The lowest BCUT2D eigenvalue weighted by molar-refractivity contribution is -0.189. The molecule has 2 fully saturated rings. The highest BCUT2D eigenvalue weighted by Crippen LogP contribution is 2.41. The fourth-order valence-corrected chi connectivity index (χ4v) is 2.96. The largest absolute Gasteiger partial charge is 0.355 e. The lowest BCUT2D eigenvalue weighted by Gasteiger charge is -2.52. The summed E-state index contributed by atoms with van der Waals surface area (Å²) in [6.45, 7) is 2.30. The van der Waals surface area contributed by atoms with Gasteiger partial charge in [0.2, 0.25) is 0 Å². The minimum absolute atomic E-state index is 0.202. The van der Waals surface area contributed by atoms with Gasteiger partial charge in [0.15, 0.2) is 6.23 Å². The maximum atomic E-state index is 12.0. The Morgan fingerprint density at radius 1 is 1.53 bits per heavy atom. The number of rotatable bonds is 3. The van der Waals surface area contributed by atoms with Crippen LogP contribution in [-0.2, 0) is 9.53 Å². The number of nitrogens with zero attached hydrogens (tertiary/aromatic N) is 2. The summed E-state index contributed by atoms with van der Waals surface area (Å²) in [6, 6.07) is 2.08. The minimum Gasteiger partial charge on any atom is -0.355 e. The van der Waals surface area contributed by atoms with Crippen molar-refractivity contribution in [3.05, 3.63) is 0 Å². The van der Waals surface area contributed by atoms with E-state index in [-0.39, 0.29) is 11.9 Å². The molecular weight excluding hydrogens is 240 g/mol. The molecule has 1 amide bonds. The van der Waals surface area contributed by atoms with Gasteiger partial charge in [-0.3, -0.25) is 4.79 Å². The van der Waals surface area contributed by atoms with Gasteiger partial charge in [0.1, 0.15) is 6.07 Å². The first kappa shape index (κ1) is 12.7. The van der Waals surface area contributed by atoms with Crippen molar-refractivity contribution in [2.24, 2.45) is 0 Å². The zero-order valence-corrected chi connectivity index (χ0v) is 10.7. The molecule has 1 saturated heterocycles. The molecule has 1 saturated carbocycles. The van der Waals surface area contributed by atoms with Crippen LogP contribution in [0.3, 0.4) is 0 Å². The third-order valence-corrected chi connectivity index (χ3v) is 4.03. The van der Waals surface area contributed by atoms with Crippen LogP contribution in [0.5, 0.6) is 0 Å². The Bertz CT molecular complexity index is 349. The van der Waals surface area contributed by atoms with Gasteiger partial charge in [-0.05, 0) is 19.8 Å². The molecule has 4 nitrogen and oxygen atoms in total. The van der Waals surface area contributed by atoms with E-state index >= 15 is 0 Å². The van der Waals surface area contributed by atoms with Crippen LogP contribution in [0.1, 0.15) is 39.0 Å². The van der Waals surface area contributed by atoms with E-state index in [0.29, 0.717) is 6.61 Å². The molecule has 2 aliphatic rings. The number of carbonyl (C=O) groups is 1. The number of nitriles is 1. The van der Waals surface area contributed by atoms with E-state index < -0.39 is 11.1 Å². The van der Waals surface area contributed by atoms with Gasteiger partial charge in [0, 0.05) is 12.6 Å². The van der Waals surface area contributed by atoms with Gasteiger partial charge in [0.05, 0.1) is 0 Å². The van der Waals surface area contributed by atoms with E-state index in [1.807, 2.05) is 13.0 Å². The molecule has 5 heteroatoms. The molecule has 0 aromatic carbocycles. The van der Waals surface area contributed by atoms with Gasteiger partial charge in [0.25, 0.3) is 10.8 Å². The number of likely N-dealkylation sites (tertiary alicyclic amines) is 1. The zero-order chi connectivity index (χ0) is 12.5. The predicted molar refractivity (Wildman–Crippen MR) is 63.3 cm³/mol. The molecule has 0 bridgehead atoms. The first-order valence-corrected chi connectivity index (χ1v) is 6.57. The fraction of sp³-hybridized carbons (Fsp3) is 0.833. The van der Waals surface area contributed by atoms with E-state index in [4.69, 9.17) is 21.6 Å². The number of hydrogen-bond donors (Lipinski definition) is 0. The van der Waals surface area contributed by atoms with Crippen molar-refractivity contribution in [3.63, 3.8) is 0 Å². The summed E-state index contributed by atoms with van der Waals surface area (Å²) in [5, 5.41) is 9.02. The maximum Gasteiger partial charge on any atom is 0.265 e. The Labute approximate surface area is 106 Å². The molecule has 1 aliphatic carbocycles. The van der Waals surface area contributed by atoms with Crippen molar-refractivity contribution in [1.82, 2.24) is 4.90 Å². The molecule has 2 rings (SSSR count). The lowest BCUT2D eigenvalue weighted by atomic mass is 9.87. The van der Waals surface area contributed by atoms with Crippen molar-refractivity contribution in [2.75, 3.05) is 6.61 Å². The fourth-order valence-electron chi connectivity index (χ4n) is 2.70. The van der Waals surface area contributed by atoms with E-state index in [9.17, 15) is 4.79 Å². The average Bonchev–Trinajstić information content (AvgIpc) is 2.38. The molecule has 0 N–H and O–H groups in total. The second kappa shape index (κ2) is 4.83. The van der Waals surface area contributed by atoms with Crippen LogP contribution in [0.15, 0.2) is 0 Å². The number of halogens is 1. The molecule has 94 valence electrons. The standard InChI is InChI=1S/C12H17ClN2O2/c1-2-17-11-12(13,8-14)10(16)15(11)9-6-4-3-5-7-9/h9,11H,2-7H2,1H3/t11-,12+/m1/s1. The summed E-state index contributed by atoms with van der Waals surface area (Å²) in [5.41, 5.74) is 0. The molecule has 0 aromatic heterocycles. The number of ether oxygens (including phenoxy) is 1. The van der Waals surface area contributed by atoms with E-state index in [1.54, 1.807) is 4.90 Å². The van der Waals surface area contributed by atoms with Crippen LogP contribution in [0.25, 0.3) is 0 Å². The Hall–Kier alpha value is -0.790. The van der Waals surface area contributed by atoms with Gasteiger partial charge in [-0.25, -0.2) is 0 Å². The van der Waals surface area contributed by atoms with Gasteiger partial charge in [-0.15, -0.1) is 0 Å². The van der Waals surface area contributed by atoms with Gasteiger partial charge >= 0.3 is 0 Å². The number of β-lactam (4-membered cyclic amide) rings is 1. The second-order valence-electron chi connectivity index (χ2n) is 4.64.